The molecule has 0 heterocycles. The van der Waals surface area contributed by atoms with Gasteiger partial charge in [-0.15, -0.1) is 6.58 Å². The van der Waals surface area contributed by atoms with Gasteiger partial charge in [-0.1, -0.05) is 36.4 Å². The number of rotatable bonds is 7. The second kappa shape index (κ2) is 7.43. The highest BCUT2D eigenvalue weighted by Crippen LogP contribution is 2.16. The van der Waals surface area contributed by atoms with Crippen LogP contribution >= 0.6 is 0 Å². The van der Waals surface area contributed by atoms with Crippen molar-refractivity contribution in [3.63, 3.8) is 0 Å². The van der Waals surface area contributed by atoms with Gasteiger partial charge in [-0.2, -0.15) is 0 Å². The first-order valence-corrected chi connectivity index (χ1v) is 6.07. The third kappa shape index (κ3) is 3.84. The third-order valence-electron chi connectivity index (χ3n) is 2.61. The number of esters is 1. The van der Waals surface area contributed by atoms with Crippen LogP contribution in [0.3, 0.4) is 0 Å². The van der Waals surface area contributed by atoms with E-state index in [9.17, 15) is 9.59 Å². The lowest BCUT2D eigenvalue weighted by Gasteiger charge is -2.13. The van der Waals surface area contributed by atoms with E-state index < -0.39 is 11.9 Å². The van der Waals surface area contributed by atoms with Crippen LogP contribution in [0, 0.1) is 5.92 Å². The lowest BCUT2D eigenvalue weighted by Crippen LogP contribution is -2.26. The van der Waals surface area contributed by atoms with Crippen molar-refractivity contribution in [3.8, 4) is 0 Å². The maximum atomic E-state index is 12.2. The number of carbonyl (C=O) groups is 2. The highest BCUT2D eigenvalue weighted by Gasteiger charge is 2.27. The van der Waals surface area contributed by atoms with Crippen molar-refractivity contribution < 1.29 is 14.3 Å². The van der Waals surface area contributed by atoms with E-state index >= 15 is 0 Å². The maximum absolute atomic E-state index is 12.2. The van der Waals surface area contributed by atoms with Crippen LogP contribution in [0.4, 0.5) is 0 Å². The van der Waals surface area contributed by atoms with E-state index in [1.807, 2.05) is 6.07 Å². The molecule has 0 radical (unpaired) electrons. The van der Waals surface area contributed by atoms with Crippen LogP contribution in [-0.2, 0) is 9.53 Å². The molecule has 18 heavy (non-hydrogen) atoms. The quantitative estimate of drug-likeness (QED) is 0.321. The molecule has 0 aliphatic heterocycles. The summed E-state index contributed by atoms with van der Waals surface area (Å²) in [5.41, 5.74) is 0.541. The average molecular weight is 246 g/mol. The number of ketones is 1. The zero-order valence-corrected chi connectivity index (χ0v) is 10.6. The summed E-state index contributed by atoms with van der Waals surface area (Å²) in [6, 6.07) is 8.82. The van der Waals surface area contributed by atoms with E-state index in [0.29, 0.717) is 18.4 Å². The number of Topliss-reactive ketones (excluding diaryl/α,β-unsaturated/α-hetero) is 1. The molecule has 3 heteroatoms. The summed E-state index contributed by atoms with van der Waals surface area (Å²) >= 11 is 0. The summed E-state index contributed by atoms with van der Waals surface area (Å²) in [6.07, 6.45) is 2.75. The van der Waals surface area contributed by atoms with Gasteiger partial charge in [0.15, 0.2) is 5.78 Å². The SMILES string of the molecule is C=CCCC(C(=O)OCC)C(=O)c1ccccc1. The monoisotopic (exact) mass is 246 g/mol. The van der Waals surface area contributed by atoms with E-state index in [1.54, 1.807) is 37.3 Å². The normalized spacial score (nSPS) is 11.6. The number of ether oxygens (including phenoxy) is 1. The highest BCUT2D eigenvalue weighted by molar-refractivity contribution is 6.08. The van der Waals surface area contributed by atoms with Gasteiger partial charge in [0, 0.05) is 5.56 Å². The number of hydrogen-bond donors (Lipinski definition) is 0. The first-order chi connectivity index (χ1) is 8.70. The molecule has 1 unspecified atom stereocenters. The summed E-state index contributed by atoms with van der Waals surface area (Å²) in [5, 5.41) is 0. The van der Waals surface area contributed by atoms with Crippen LogP contribution in [-0.4, -0.2) is 18.4 Å². The third-order valence-corrected chi connectivity index (χ3v) is 2.61. The summed E-state index contributed by atoms with van der Waals surface area (Å²) in [5.74, 6) is -1.37. The van der Waals surface area contributed by atoms with Gasteiger partial charge in [0.05, 0.1) is 6.61 Å². The zero-order valence-electron chi connectivity index (χ0n) is 10.6. The van der Waals surface area contributed by atoms with Crippen LogP contribution in [0.5, 0.6) is 0 Å². The molecule has 0 aliphatic carbocycles. The molecule has 96 valence electrons. The minimum atomic E-state index is -0.731. The topological polar surface area (TPSA) is 43.4 Å². The number of benzene rings is 1. The predicted molar refractivity (Wildman–Crippen MR) is 70.3 cm³/mol. The first kappa shape index (κ1) is 14.2. The van der Waals surface area contributed by atoms with Crippen LogP contribution in [0.25, 0.3) is 0 Å². The molecular weight excluding hydrogens is 228 g/mol. The lowest BCUT2D eigenvalue weighted by molar-refractivity contribution is -0.146. The van der Waals surface area contributed by atoms with Crippen molar-refractivity contribution in [3.05, 3.63) is 48.6 Å². The summed E-state index contributed by atoms with van der Waals surface area (Å²) in [7, 11) is 0. The van der Waals surface area contributed by atoms with Crippen molar-refractivity contribution in [2.45, 2.75) is 19.8 Å². The Bertz CT molecular complexity index is 409. The Morgan fingerprint density at radius 1 is 1.33 bits per heavy atom. The molecule has 0 aromatic heterocycles. The molecule has 1 aromatic carbocycles. The molecule has 0 saturated carbocycles. The van der Waals surface area contributed by atoms with Gasteiger partial charge in [0.1, 0.15) is 5.92 Å². The minimum absolute atomic E-state index is 0.184. The van der Waals surface area contributed by atoms with Crippen molar-refractivity contribution in [1.29, 1.82) is 0 Å². The molecule has 0 bridgehead atoms. The van der Waals surface area contributed by atoms with Crippen LogP contribution in [0.15, 0.2) is 43.0 Å². The Hall–Kier alpha value is -1.90. The molecule has 1 atom stereocenters. The standard InChI is InChI=1S/C15H18O3/c1-3-5-11-13(15(17)18-4-2)14(16)12-9-7-6-8-10-12/h3,6-10,13H,1,4-5,11H2,2H3. The molecule has 0 aliphatic rings. The fraction of sp³-hybridized carbons (Fsp3) is 0.333. The summed E-state index contributed by atoms with van der Waals surface area (Å²) in [4.78, 5) is 24.0. The van der Waals surface area contributed by atoms with Gasteiger partial charge in [0.25, 0.3) is 0 Å². The van der Waals surface area contributed by atoms with Gasteiger partial charge in [-0.05, 0) is 19.8 Å². The van der Waals surface area contributed by atoms with E-state index in [4.69, 9.17) is 4.74 Å². The number of allylic oxidation sites excluding steroid dienone is 1. The van der Waals surface area contributed by atoms with Crippen molar-refractivity contribution >= 4 is 11.8 Å². The molecule has 0 N–H and O–H groups in total. The van der Waals surface area contributed by atoms with Crippen molar-refractivity contribution in [1.82, 2.24) is 0 Å². The summed E-state index contributed by atoms with van der Waals surface area (Å²) in [6.45, 7) is 5.62. The van der Waals surface area contributed by atoms with Crippen molar-refractivity contribution in [2.24, 2.45) is 5.92 Å². The smallest absolute Gasteiger partial charge is 0.316 e. The average Bonchev–Trinajstić information content (AvgIpc) is 2.40. The van der Waals surface area contributed by atoms with Gasteiger partial charge >= 0.3 is 5.97 Å². The van der Waals surface area contributed by atoms with Crippen LogP contribution in [0.2, 0.25) is 0 Å². The fourth-order valence-corrected chi connectivity index (χ4v) is 1.69. The van der Waals surface area contributed by atoms with Crippen LogP contribution in [0.1, 0.15) is 30.1 Å². The molecule has 1 aromatic rings. The zero-order chi connectivity index (χ0) is 13.4. The second-order valence-electron chi connectivity index (χ2n) is 3.90. The summed E-state index contributed by atoms with van der Waals surface area (Å²) < 4.78 is 4.95. The van der Waals surface area contributed by atoms with Crippen LogP contribution < -0.4 is 0 Å². The highest BCUT2D eigenvalue weighted by atomic mass is 16.5. The molecule has 0 saturated heterocycles. The van der Waals surface area contributed by atoms with Crippen molar-refractivity contribution in [2.75, 3.05) is 6.61 Å². The number of hydrogen-bond acceptors (Lipinski definition) is 3. The van der Waals surface area contributed by atoms with Gasteiger partial charge in [0.2, 0.25) is 0 Å². The Balaban J connectivity index is 2.85. The Labute approximate surface area is 107 Å². The van der Waals surface area contributed by atoms with Gasteiger partial charge in [-0.3, -0.25) is 9.59 Å². The lowest BCUT2D eigenvalue weighted by atomic mass is 9.93. The molecule has 0 fully saturated rings. The molecule has 1 rings (SSSR count). The maximum Gasteiger partial charge on any atom is 0.316 e. The molecular formula is C15H18O3. The van der Waals surface area contributed by atoms with E-state index in [0.717, 1.165) is 0 Å². The largest absolute Gasteiger partial charge is 0.465 e. The van der Waals surface area contributed by atoms with Gasteiger partial charge < -0.3 is 4.74 Å². The molecule has 0 spiro atoms. The fourth-order valence-electron chi connectivity index (χ4n) is 1.69. The van der Waals surface area contributed by atoms with E-state index in [-0.39, 0.29) is 12.4 Å². The van der Waals surface area contributed by atoms with E-state index in [1.165, 1.54) is 0 Å². The van der Waals surface area contributed by atoms with E-state index in [2.05, 4.69) is 6.58 Å². The Morgan fingerprint density at radius 2 is 2.00 bits per heavy atom. The second-order valence-corrected chi connectivity index (χ2v) is 3.90. The first-order valence-electron chi connectivity index (χ1n) is 6.07. The Morgan fingerprint density at radius 3 is 2.56 bits per heavy atom. The van der Waals surface area contributed by atoms with Gasteiger partial charge in [-0.25, -0.2) is 0 Å². The molecule has 3 nitrogen and oxygen atoms in total. The number of carbonyl (C=O) groups excluding carboxylic acids is 2. The molecule has 0 amide bonds. The predicted octanol–water partition coefficient (Wildman–Crippen LogP) is 3.01. The minimum Gasteiger partial charge on any atom is -0.465 e. The Kier molecular flexibility index (Phi) is 5.85.